The van der Waals surface area contributed by atoms with E-state index in [1.807, 2.05) is 207 Å². The molecular formula is C78H136N4O6SY8. The van der Waals surface area contributed by atoms with E-state index in [0.29, 0.717) is 0 Å². The number of para-hydroxylation sites is 1. The monoisotopic (exact) mass is 1970 g/mol. The maximum Gasteiger partial charge on any atom is 0.351 e. The van der Waals surface area contributed by atoms with Crippen LogP contribution in [0.5, 0.6) is 0 Å². The summed E-state index contributed by atoms with van der Waals surface area (Å²) < 4.78 is 44.8. The molecule has 97 heavy (non-hydrogen) atoms. The summed E-state index contributed by atoms with van der Waals surface area (Å²) in [5.74, 6) is 1.01. The topological polar surface area (TPSA) is 78.7 Å². The minimum atomic E-state index is 0. The average Bonchev–Trinajstić information content (AvgIpc) is 1.69. The second kappa shape index (κ2) is 88.2. The third-order valence-electron chi connectivity index (χ3n) is 12.2. The fraction of sp³-hybridized carbons (Fsp3) is 0.513. The van der Waals surface area contributed by atoms with Crippen molar-refractivity contribution < 1.29 is 308 Å². The maximum atomic E-state index is 5.89. The molecule has 534 valence electrons. The van der Waals surface area contributed by atoms with Crippen molar-refractivity contribution >= 4 is 64.2 Å². The van der Waals surface area contributed by atoms with Crippen molar-refractivity contribution in [3.63, 3.8) is 0 Å². The van der Waals surface area contributed by atoms with Gasteiger partial charge in [-0.2, -0.15) is 13.7 Å². The Kier molecular flexibility index (Phi) is 124. The van der Waals surface area contributed by atoms with Gasteiger partial charge in [0, 0.05) is 339 Å². The number of oxazole rings is 1. The van der Waals surface area contributed by atoms with E-state index in [4.69, 9.17) is 27.8 Å². The van der Waals surface area contributed by atoms with Crippen LogP contribution in [0.3, 0.4) is 0 Å². The molecule has 0 fully saturated rings. The summed E-state index contributed by atoms with van der Waals surface area (Å²) in [7, 11) is 0. The fourth-order valence-corrected chi connectivity index (χ4v) is 10.0. The first-order valence-corrected chi connectivity index (χ1v) is 34.3. The maximum absolute atomic E-state index is 5.89. The van der Waals surface area contributed by atoms with Crippen LogP contribution < -0.4 is 18.3 Å². The zero-order chi connectivity index (χ0) is 65.5. The molecule has 0 spiro atoms. The first kappa shape index (κ1) is 136. The molecule has 1 unspecified atom stereocenters. The van der Waals surface area contributed by atoms with Gasteiger partial charge in [0.2, 0.25) is 12.4 Å². The fourth-order valence-electron chi connectivity index (χ4n) is 8.90. The molecule has 0 aliphatic carbocycles. The van der Waals surface area contributed by atoms with Gasteiger partial charge < -0.3 is 57.5 Å². The van der Waals surface area contributed by atoms with Gasteiger partial charge in [0.25, 0.3) is 24.9 Å². The third kappa shape index (κ3) is 43.9. The van der Waals surface area contributed by atoms with Crippen LogP contribution in [0, 0.1) is 29.7 Å². The number of pyridine rings is 3. The summed E-state index contributed by atoms with van der Waals surface area (Å²) >= 11 is 1.86. The van der Waals surface area contributed by atoms with Crippen molar-refractivity contribution in [1.82, 2.24) is 0 Å². The molecule has 0 N–H and O–H groups in total. The zero-order valence-corrected chi connectivity index (χ0v) is 91.3. The van der Waals surface area contributed by atoms with Crippen molar-refractivity contribution in [3.05, 3.63) is 175 Å². The molecule has 0 saturated carbocycles. The van der Waals surface area contributed by atoms with Crippen LogP contribution in [0.2, 0.25) is 0 Å². The van der Waals surface area contributed by atoms with E-state index in [0.717, 1.165) is 69.2 Å². The van der Waals surface area contributed by atoms with Crippen molar-refractivity contribution in [2.45, 2.75) is 244 Å². The van der Waals surface area contributed by atoms with Crippen LogP contribution in [0.15, 0.2) is 131 Å². The number of ether oxygens (including phenoxy) is 4. The number of rotatable bonds is 0. The van der Waals surface area contributed by atoms with Crippen LogP contribution >= 0.6 is 11.3 Å². The summed E-state index contributed by atoms with van der Waals surface area (Å²) in [5, 5.41) is 7.74. The number of thiophene rings is 1. The van der Waals surface area contributed by atoms with E-state index in [9.17, 15) is 0 Å². The van der Waals surface area contributed by atoms with Gasteiger partial charge in [0.15, 0.2) is 41.3 Å². The van der Waals surface area contributed by atoms with Gasteiger partial charge in [-0.1, -0.05) is 221 Å². The Balaban J connectivity index is -0.0000000626. The van der Waals surface area contributed by atoms with Crippen LogP contribution in [-0.2, 0) is 306 Å². The summed E-state index contributed by atoms with van der Waals surface area (Å²) in [4.78, 5) is 0. The predicted octanol–water partition coefficient (Wildman–Crippen LogP) is 23.4. The second-order valence-electron chi connectivity index (χ2n) is 16.0. The Hall–Kier alpha value is 3.27. The molecule has 0 saturated heterocycles. The smallest absolute Gasteiger partial charge is 0.351 e. The molecule has 0 bridgehead atoms. The average molecular weight is 1970 g/mol. The van der Waals surface area contributed by atoms with E-state index in [-0.39, 0.29) is 316 Å². The van der Waals surface area contributed by atoms with E-state index in [2.05, 4.69) is 132 Å². The van der Waals surface area contributed by atoms with Gasteiger partial charge >= 0.3 is 5.89 Å². The van der Waals surface area contributed by atoms with E-state index in [1.54, 1.807) is 6.26 Å². The number of benzene rings is 3. The SMILES string of the molecule is CC.CC.CC.CC.CC.CC.CC.CC.CC.CC.CC.CC.CC1OCCc2occ[n+]21.C[C@@H]1OCCc2cc3c(c[n+]21)oc1ccccc13.C[C@@H]1OCCc2cc3c(c[n+]21)sc1ccccc13.C[C@@H]1OCCc2cc3ccccc3c[n+]21.[CH3-].[CH3-].[CH3-].[CH3-].[Y].[Y].[Y].[Y].[Y].[Y].[Y].[Y]. The first-order chi connectivity index (χ1) is 41.9. The van der Waals surface area contributed by atoms with Crippen LogP contribution in [0.25, 0.3) is 52.9 Å². The Labute approximate surface area is 804 Å². The molecule has 10 heterocycles. The zero-order valence-electron chi connectivity index (χ0n) is 67.8. The number of furan rings is 1. The number of hydrogen-bond acceptors (Lipinski definition) is 7. The van der Waals surface area contributed by atoms with Crippen molar-refractivity contribution in [2.24, 2.45) is 0 Å². The Bertz CT molecular complexity index is 2930. The standard InChI is InChI=1S/C15H14NO2.C15H14NOS.C13H14NO.C7H10NO2.12C2H6.4CH3.8Y/c2*1-10-16-9-15-13(8-11(16)6-7-17-10)12-4-2-3-5-14(12)18-15;1-10-14-9-12-5-3-2-4-11(12)8-13(14)6-7-15-10;1-6-8-3-5-10-7(8)2-4-9-6;12*1-2;;;;;;;;;;;;/h2*2-5,8-10H,6-7H2,1H3;2-5,8-10H,6-7H2,1H3;3,5-6H,2,4H2,1H3;12*1-2H3;4*1H3;;;;;;;;/q4*+1;;;;;;;;;;;;;4*-1;;;;;;;;/t3*10-;;;;;;;;;;;;;;;;;;;;;;;;;/m000........................./s1. The molecule has 4 atom stereocenters. The van der Waals surface area contributed by atoms with Crippen molar-refractivity contribution in [1.29, 1.82) is 0 Å². The minimum Gasteiger partial charge on any atom is -0.450 e. The predicted molar refractivity (Wildman–Crippen MR) is 396 cm³/mol. The molecule has 6 aromatic heterocycles. The molecule has 13 rings (SSSR count). The second-order valence-corrected chi connectivity index (χ2v) is 17.1. The summed E-state index contributed by atoms with van der Waals surface area (Å²) in [6, 6.07) is 32.1. The molecule has 19 heteroatoms. The number of fused-ring (bicyclic) bond motifs is 11. The Morgan fingerprint density at radius 3 is 1.13 bits per heavy atom. The molecule has 4 aliphatic rings. The number of hydrogen-bond donors (Lipinski definition) is 0. The normalized spacial score (nSPS) is 13.5. The molecule has 9 aromatic rings. The van der Waals surface area contributed by atoms with Gasteiger partial charge in [0.05, 0.1) is 56.8 Å². The molecule has 8 radical (unpaired) electrons. The first-order valence-electron chi connectivity index (χ1n) is 33.5. The van der Waals surface area contributed by atoms with Crippen LogP contribution in [0.1, 0.15) is 242 Å². The van der Waals surface area contributed by atoms with Gasteiger partial charge in [-0.3, -0.25) is 0 Å². The van der Waals surface area contributed by atoms with Crippen LogP contribution in [0.4, 0.5) is 0 Å². The van der Waals surface area contributed by atoms with Gasteiger partial charge in [-0.25, -0.2) is 0 Å². The van der Waals surface area contributed by atoms with E-state index >= 15 is 0 Å². The molecular weight excluding hydrogens is 1830 g/mol. The summed E-state index contributed by atoms with van der Waals surface area (Å²) in [5.41, 5.74) is 5.94. The third-order valence-corrected chi connectivity index (χ3v) is 13.3. The van der Waals surface area contributed by atoms with Crippen molar-refractivity contribution in [3.8, 4) is 0 Å². The quantitative estimate of drug-likeness (QED) is 0.111. The molecule has 0 amide bonds. The Morgan fingerprint density at radius 1 is 0.330 bits per heavy atom. The van der Waals surface area contributed by atoms with Gasteiger partial charge in [0.1, 0.15) is 5.58 Å². The molecule has 4 aliphatic heterocycles. The number of aromatic nitrogens is 4. The summed E-state index contributed by atoms with van der Waals surface area (Å²) in [6.07, 6.45) is 14.5. The van der Waals surface area contributed by atoms with E-state index in [1.165, 1.54) is 58.8 Å². The van der Waals surface area contributed by atoms with Gasteiger partial charge in [-0.05, 0) is 23.6 Å². The van der Waals surface area contributed by atoms with Crippen molar-refractivity contribution in [2.75, 3.05) is 26.4 Å². The van der Waals surface area contributed by atoms with Gasteiger partial charge in [-0.15, -0.1) is 15.9 Å². The largest absolute Gasteiger partial charge is 0.450 e. The summed E-state index contributed by atoms with van der Waals surface area (Å²) in [6.45, 7) is 59.5. The molecule has 3 aromatic carbocycles. The number of nitrogens with zero attached hydrogens (tertiary/aromatic N) is 4. The van der Waals surface area contributed by atoms with E-state index < -0.39 is 0 Å². The Morgan fingerprint density at radius 2 is 0.680 bits per heavy atom. The van der Waals surface area contributed by atoms with Crippen LogP contribution in [-0.4, -0.2) is 26.4 Å². The minimum absolute atomic E-state index is 0. The molecule has 10 nitrogen and oxygen atoms in total.